The van der Waals surface area contributed by atoms with Crippen molar-refractivity contribution in [2.45, 2.75) is 58.4 Å². The van der Waals surface area contributed by atoms with Gasteiger partial charge in [-0.2, -0.15) is 5.10 Å². The van der Waals surface area contributed by atoms with Crippen molar-refractivity contribution in [1.29, 1.82) is 0 Å². The van der Waals surface area contributed by atoms with Crippen LogP contribution in [0.4, 0.5) is 0 Å². The summed E-state index contributed by atoms with van der Waals surface area (Å²) in [6.45, 7) is 9.19. The van der Waals surface area contributed by atoms with Crippen molar-refractivity contribution < 1.29 is 4.79 Å². The van der Waals surface area contributed by atoms with Gasteiger partial charge in [0.15, 0.2) is 0 Å². The molecule has 1 spiro atoms. The lowest BCUT2D eigenvalue weighted by atomic mass is 9.68. The second kappa shape index (κ2) is 8.74. The van der Waals surface area contributed by atoms with Crippen LogP contribution in [0.3, 0.4) is 0 Å². The van der Waals surface area contributed by atoms with E-state index < -0.39 is 0 Å². The number of hydrogen-bond donors (Lipinski definition) is 2. The molecule has 1 aromatic rings. The zero-order valence-corrected chi connectivity index (χ0v) is 17.6. The summed E-state index contributed by atoms with van der Waals surface area (Å²) in [5.41, 5.74) is 2.46. The van der Waals surface area contributed by atoms with E-state index in [1.54, 1.807) is 0 Å². The van der Waals surface area contributed by atoms with E-state index in [4.69, 9.17) is 0 Å². The first kappa shape index (κ1) is 20.3. The number of aromatic amines is 1. The van der Waals surface area contributed by atoms with E-state index >= 15 is 0 Å². The third kappa shape index (κ3) is 4.54. The minimum absolute atomic E-state index is 0.0779. The number of hydrogen-bond acceptors (Lipinski definition) is 4. The molecule has 3 rings (SSSR count). The van der Waals surface area contributed by atoms with Crippen LogP contribution < -0.4 is 5.32 Å². The van der Waals surface area contributed by atoms with Crippen LogP contribution in [-0.4, -0.2) is 66.2 Å². The van der Waals surface area contributed by atoms with E-state index in [-0.39, 0.29) is 5.41 Å². The topological polar surface area (TPSA) is 64.3 Å². The highest BCUT2D eigenvalue weighted by molar-refractivity contribution is 5.85. The van der Waals surface area contributed by atoms with Crippen molar-refractivity contribution in [2.24, 2.45) is 11.3 Å². The highest BCUT2D eigenvalue weighted by Gasteiger charge is 2.48. The van der Waals surface area contributed by atoms with Crippen LogP contribution in [-0.2, 0) is 11.3 Å². The van der Waals surface area contributed by atoms with Gasteiger partial charge in [-0.15, -0.1) is 0 Å². The molecular weight excluding hydrogens is 338 g/mol. The molecule has 2 heterocycles. The number of H-pyrrole nitrogens is 1. The first-order valence-electron chi connectivity index (χ1n) is 10.6. The lowest BCUT2D eigenvalue weighted by Crippen LogP contribution is -2.38. The summed E-state index contributed by atoms with van der Waals surface area (Å²) >= 11 is 0. The Morgan fingerprint density at radius 1 is 1.37 bits per heavy atom. The van der Waals surface area contributed by atoms with Crippen molar-refractivity contribution in [3.63, 3.8) is 0 Å². The second-order valence-electron chi connectivity index (χ2n) is 9.09. The molecule has 6 heteroatoms. The third-order valence-electron chi connectivity index (χ3n) is 6.45. The van der Waals surface area contributed by atoms with E-state index in [2.05, 4.69) is 52.4 Å². The molecule has 2 N–H and O–H groups in total. The average Bonchev–Trinajstić information content (AvgIpc) is 3.21. The number of rotatable bonds is 8. The minimum atomic E-state index is -0.0779. The van der Waals surface area contributed by atoms with E-state index in [1.807, 2.05) is 7.05 Å². The monoisotopic (exact) mass is 375 g/mol. The molecule has 6 nitrogen and oxygen atoms in total. The molecule has 152 valence electrons. The van der Waals surface area contributed by atoms with Crippen LogP contribution >= 0.6 is 0 Å². The number of amides is 1. The summed E-state index contributed by atoms with van der Waals surface area (Å²) in [5.74, 6) is 1.46. The largest absolute Gasteiger partial charge is 0.342 e. The number of carbonyl (C=O) groups excluding carboxylic acids is 1. The first-order chi connectivity index (χ1) is 12.9. The summed E-state index contributed by atoms with van der Waals surface area (Å²) in [6.07, 6.45) is 7.31. The van der Waals surface area contributed by atoms with Gasteiger partial charge in [0.05, 0.1) is 11.1 Å². The third-order valence-corrected chi connectivity index (χ3v) is 6.45. The second-order valence-corrected chi connectivity index (χ2v) is 9.09. The van der Waals surface area contributed by atoms with Gasteiger partial charge in [-0.3, -0.25) is 9.89 Å². The fraction of sp³-hybridized carbons (Fsp3) is 0.810. The number of nitrogens with one attached hydrogen (secondary N) is 2. The average molecular weight is 376 g/mol. The van der Waals surface area contributed by atoms with Crippen LogP contribution in [0.15, 0.2) is 6.20 Å². The lowest BCUT2D eigenvalue weighted by Gasteiger charge is -2.35. The van der Waals surface area contributed by atoms with Crippen LogP contribution in [0.2, 0.25) is 0 Å². The maximum absolute atomic E-state index is 13.0. The summed E-state index contributed by atoms with van der Waals surface area (Å²) in [5, 5.41) is 10.9. The summed E-state index contributed by atoms with van der Waals surface area (Å²) in [7, 11) is 4.14. The first-order valence-corrected chi connectivity index (χ1v) is 10.6. The predicted octanol–water partition coefficient (Wildman–Crippen LogP) is 2.59. The van der Waals surface area contributed by atoms with Crippen molar-refractivity contribution in [1.82, 2.24) is 25.3 Å². The molecule has 0 atom stereocenters. The summed E-state index contributed by atoms with van der Waals surface area (Å²) < 4.78 is 0. The van der Waals surface area contributed by atoms with Gasteiger partial charge in [-0.25, -0.2) is 0 Å². The van der Waals surface area contributed by atoms with E-state index in [0.29, 0.717) is 17.7 Å². The van der Waals surface area contributed by atoms with Gasteiger partial charge in [-0.1, -0.05) is 13.8 Å². The van der Waals surface area contributed by atoms with Crippen LogP contribution in [0, 0.1) is 11.3 Å². The molecule has 1 saturated heterocycles. The van der Waals surface area contributed by atoms with Gasteiger partial charge in [0.2, 0.25) is 5.91 Å². The van der Waals surface area contributed by atoms with Gasteiger partial charge >= 0.3 is 0 Å². The quantitative estimate of drug-likeness (QED) is 0.733. The van der Waals surface area contributed by atoms with E-state index in [0.717, 1.165) is 64.8 Å². The fourth-order valence-corrected chi connectivity index (χ4v) is 4.89. The highest BCUT2D eigenvalue weighted by Crippen LogP contribution is 2.49. The SMILES string of the molecule is CNCCN(C)Cc1c[nH]nc1[C@H]1CC[C@@]2(CCN(CC(C)C)C2=O)CC1. The Morgan fingerprint density at radius 3 is 2.78 bits per heavy atom. The van der Waals surface area contributed by atoms with Crippen molar-refractivity contribution >= 4 is 5.91 Å². The number of carbonyl (C=O) groups is 1. The Balaban J connectivity index is 1.59. The molecule has 0 unspecified atom stereocenters. The van der Waals surface area contributed by atoms with E-state index in [9.17, 15) is 4.79 Å². The van der Waals surface area contributed by atoms with Crippen molar-refractivity contribution in [3.05, 3.63) is 17.5 Å². The van der Waals surface area contributed by atoms with E-state index in [1.165, 1.54) is 11.3 Å². The molecule has 1 aliphatic heterocycles. The Labute approximate surface area is 164 Å². The fourth-order valence-electron chi connectivity index (χ4n) is 4.89. The smallest absolute Gasteiger partial charge is 0.228 e. The predicted molar refractivity (Wildman–Crippen MR) is 109 cm³/mol. The maximum Gasteiger partial charge on any atom is 0.228 e. The standard InChI is InChI=1S/C21H37N5O/c1-16(2)14-26-11-9-21(20(26)27)7-5-17(6-8-21)19-18(13-23-24-19)15-25(4)12-10-22-3/h13,16-17,22H,5-12,14-15H2,1-4H3,(H,23,24)/t17-,21-. The number of aromatic nitrogens is 2. The molecule has 0 bridgehead atoms. The zero-order chi connectivity index (χ0) is 19.4. The zero-order valence-electron chi connectivity index (χ0n) is 17.6. The molecule has 1 aromatic heterocycles. The number of likely N-dealkylation sites (N-methyl/N-ethyl adjacent to an activating group) is 2. The normalized spacial score (nSPS) is 26.1. The molecule has 0 radical (unpaired) electrons. The minimum Gasteiger partial charge on any atom is -0.342 e. The Hall–Kier alpha value is -1.40. The van der Waals surface area contributed by atoms with Crippen LogP contribution in [0.25, 0.3) is 0 Å². The molecule has 1 saturated carbocycles. The maximum atomic E-state index is 13.0. The molecule has 1 amide bonds. The molecule has 2 aliphatic rings. The molecule has 27 heavy (non-hydrogen) atoms. The summed E-state index contributed by atoms with van der Waals surface area (Å²) in [4.78, 5) is 17.5. The van der Waals surface area contributed by atoms with Gasteiger partial charge < -0.3 is 15.1 Å². The van der Waals surface area contributed by atoms with Gasteiger partial charge in [-0.05, 0) is 52.1 Å². The van der Waals surface area contributed by atoms with Crippen molar-refractivity contribution in [2.75, 3.05) is 40.3 Å². The Kier molecular flexibility index (Phi) is 6.58. The van der Waals surface area contributed by atoms with Crippen LogP contribution in [0.5, 0.6) is 0 Å². The Bertz CT molecular complexity index is 618. The number of nitrogens with zero attached hydrogens (tertiary/aromatic N) is 3. The molecule has 0 aromatic carbocycles. The molecule has 2 fully saturated rings. The van der Waals surface area contributed by atoms with Crippen molar-refractivity contribution in [3.8, 4) is 0 Å². The van der Waals surface area contributed by atoms with Gasteiger partial charge in [0.25, 0.3) is 0 Å². The molecule has 1 aliphatic carbocycles. The van der Waals surface area contributed by atoms with Crippen LogP contribution in [0.1, 0.15) is 63.1 Å². The van der Waals surface area contributed by atoms with Gasteiger partial charge in [0, 0.05) is 50.4 Å². The van der Waals surface area contributed by atoms with Gasteiger partial charge in [0.1, 0.15) is 0 Å². The lowest BCUT2D eigenvalue weighted by molar-refractivity contribution is -0.138. The Morgan fingerprint density at radius 2 is 2.11 bits per heavy atom. The highest BCUT2D eigenvalue weighted by atomic mass is 16.2. The number of likely N-dealkylation sites (tertiary alicyclic amines) is 1. The molecular formula is C21H37N5O. The summed E-state index contributed by atoms with van der Waals surface area (Å²) in [6, 6.07) is 0.